The van der Waals surface area contributed by atoms with Gasteiger partial charge in [-0.25, -0.2) is 0 Å². The molecule has 2 aliphatic rings. The van der Waals surface area contributed by atoms with Gasteiger partial charge in [-0.2, -0.15) is 5.26 Å². The Morgan fingerprint density at radius 2 is 1.70 bits per heavy atom. The molecular formula is C25H28N2O3. The highest BCUT2D eigenvalue weighted by Crippen LogP contribution is 2.47. The van der Waals surface area contributed by atoms with Crippen molar-refractivity contribution in [3.05, 3.63) is 59.3 Å². The van der Waals surface area contributed by atoms with E-state index in [0.717, 1.165) is 54.0 Å². The van der Waals surface area contributed by atoms with E-state index in [-0.39, 0.29) is 5.92 Å². The zero-order valence-corrected chi connectivity index (χ0v) is 17.9. The number of ether oxygens (including phenoxy) is 3. The van der Waals surface area contributed by atoms with Crippen LogP contribution in [0.1, 0.15) is 42.7 Å². The summed E-state index contributed by atoms with van der Waals surface area (Å²) in [7, 11) is 4.97. The molecule has 0 radical (unpaired) electrons. The van der Waals surface area contributed by atoms with Crippen LogP contribution in [0.4, 0.5) is 0 Å². The van der Waals surface area contributed by atoms with Gasteiger partial charge >= 0.3 is 0 Å². The number of fused-ring (bicyclic) bond motifs is 1. The maximum atomic E-state index is 10.2. The van der Waals surface area contributed by atoms with Crippen molar-refractivity contribution in [2.75, 3.05) is 27.9 Å². The number of rotatable bonds is 5. The second-order valence-corrected chi connectivity index (χ2v) is 7.85. The van der Waals surface area contributed by atoms with E-state index in [2.05, 4.69) is 35.2 Å². The minimum Gasteiger partial charge on any atom is -0.497 e. The fourth-order valence-corrected chi connectivity index (χ4v) is 4.85. The average molecular weight is 405 g/mol. The first kappa shape index (κ1) is 20.2. The first-order chi connectivity index (χ1) is 14.7. The number of methoxy groups -OCH3 is 3. The molecule has 1 saturated heterocycles. The number of benzene rings is 2. The predicted molar refractivity (Wildman–Crippen MR) is 117 cm³/mol. The Morgan fingerprint density at radius 3 is 2.37 bits per heavy atom. The second kappa shape index (κ2) is 8.71. The molecule has 2 atom stereocenters. The van der Waals surface area contributed by atoms with Crippen LogP contribution in [0.2, 0.25) is 0 Å². The van der Waals surface area contributed by atoms with Gasteiger partial charge in [0.1, 0.15) is 17.5 Å². The summed E-state index contributed by atoms with van der Waals surface area (Å²) in [5, 5.41) is 10.2. The number of hydrogen-bond donors (Lipinski definition) is 0. The minimum absolute atomic E-state index is 0.118. The molecule has 0 bridgehead atoms. The van der Waals surface area contributed by atoms with Crippen molar-refractivity contribution < 1.29 is 14.2 Å². The van der Waals surface area contributed by atoms with Crippen molar-refractivity contribution in [1.82, 2.24) is 4.90 Å². The van der Waals surface area contributed by atoms with Gasteiger partial charge in [0, 0.05) is 24.1 Å². The quantitative estimate of drug-likeness (QED) is 0.703. The summed E-state index contributed by atoms with van der Waals surface area (Å²) < 4.78 is 16.3. The van der Waals surface area contributed by atoms with E-state index in [0.29, 0.717) is 17.5 Å². The predicted octanol–water partition coefficient (Wildman–Crippen LogP) is 4.99. The number of allylic oxidation sites excluding steroid dienone is 2. The zero-order valence-electron chi connectivity index (χ0n) is 17.9. The fraction of sp³-hybridized carbons (Fsp3) is 0.400. The van der Waals surface area contributed by atoms with E-state index in [1.54, 1.807) is 21.3 Å². The summed E-state index contributed by atoms with van der Waals surface area (Å²) in [4.78, 5) is 2.33. The van der Waals surface area contributed by atoms with E-state index in [9.17, 15) is 5.26 Å². The topological polar surface area (TPSA) is 54.7 Å². The van der Waals surface area contributed by atoms with E-state index >= 15 is 0 Å². The van der Waals surface area contributed by atoms with Gasteiger partial charge in [0.2, 0.25) is 0 Å². The van der Waals surface area contributed by atoms with E-state index < -0.39 is 0 Å². The molecule has 1 fully saturated rings. The maximum absolute atomic E-state index is 10.2. The van der Waals surface area contributed by atoms with Crippen LogP contribution in [-0.4, -0.2) is 38.8 Å². The molecule has 2 aromatic rings. The molecule has 2 aromatic carbocycles. The molecule has 0 spiro atoms. The third kappa shape index (κ3) is 3.59. The molecule has 156 valence electrons. The average Bonchev–Trinajstić information content (AvgIpc) is 2.82. The standard InChI is InChI=1S/C25H28N2O3/c1-28-20-10-7-17(8-11-20)25-21(18-9-12-23(29-2)24(14-18)30-3)15-19-6-4-5-13-27(19)22(25)16-26/h7-12,14,19,21H,4-6,13,15H2,1-3H3. The molecule has 2 unspecified atom stereocenters. The lowest BCUT2D eigenvalue weighted by Crippen LogP contribution is -2.43. The van der Waals surface area contributed by atoms with Crippen LogP contribution in [0.25, 0.3) is 5.57 Å². The summed E-state index contributed by atoms with van der Waals surface area (Å²) >= 11 is 0. The van der Waals surface area contributed by atoms with E-state index in [4.69, 9.17) is 14.2 Å². The van der Waals surface area contributed by atoms with Crippen LogP contribution in [0.3, 0.4) is 0 Å². The van der Waals surface area contributed by atoms with Gasteiger partial charge in [-0.15, -0.1) is 0 Å². The molecule has 5 heteroatoms. The van der Waals surface area contributed by atoms with Crippen molar-refractivity contribution in [2.45, 2.75) is 37.6 Å². The molecule has 30 heavy (non-hydrogen) atoms. The third-order valence-electron chi connectivity index (χ3n) is 6.34. The molecule has 5 nitrogen and oxygen atoms in total. The summed E-state index contributed by atoms with van der Waals surface area (Å²) in [6, 6.07) is 17.1. The molecule has 0 amide bonds. The van der Waals surface area contributed by atoms with Crippen LogP contribution in [0.5, 0.6) is 17.2 Å². The molecule has 2 aliphatic heterocycles. The fourth-order valence-electron chi connectivity index (χ4n) is 4.85. The normalized spacial score (nSPS) is 20.9. The van der Waals surface area contributed by atoms with Crippen molar-refractivity contribution in [2.24, 2.45) is 0 Å². The lowest BCUT2D eigenvalue weighted by atomic mass is 9.76. The number of nitrogens with zero attached hydrogens (tertiary/aromatic N) is 2. The molecule has 4 rings (SSSR count). The minimum atomic E-state index is 0.118. The molecule has 0 N–H and O–H groups in total. The Morgan fingerprint density at radius 1 is 0.933 bits per heavy atom. The lowest BCUT2D eigenvalue weighted by Gasteiger charge is -2.44. The lowest BCUT2D eigenvalue weighted by molar-refractivity contribution is 0.177. The zero-order chi connectivity index (χ0) is 21.1. The molecule has 2 heterocycles. The first-order valence-corrected chi connectivity index (χ1v) is 10.5. The van der Waals surface area contributed by atoms with Crippen LogP contribution in [-0.2, 0) is 0 Å². The monoisotopic (exact) mass is 404 g/mol. The van der Waals surface area contributed by atoms with Crippen molar-refractivity contribution in [3.63, 3.8) is 0 Å². The Labute approximate surface area is 178 Å². The van der Waals surface area contributed by atoms with Crippen LogP contribution in [0.15, 0.2) is 48.2 Å². The van der Waals surface area contributed by atoms with Gasteiger partial charge in [0.25, 0.3) is 0 Å². The van der Waals surface area contributed by atoms with E-state index in [1.165, 1.54) is 6.42 Å². The largest absolute Gasteiger partial charge is 0.497 e. The van der Waals surface area contributed by atoms with Crippen LogP contribution < -0.4 is 14.2 Å². The molecule has 0 aliphatic carbocycles. The van der Waals surface area contributed by atoms with Gasteiger partial charge in [-0.1, -0.05) is 18.2 Å². The summed E-state index contributed by atoms with van der Waals surface area (Å²) in [5.74, 6) is 2.36. The summed E-state index contributed by atoms with van der Waals surface area (Å²) in [6.45, 7) is 0.950. The van der Waals surface area contributed by atoms with Crippen molar-refractivity contribution in [1.29, 1.82) is 5.26 Å². The van der Waals surface area contributed by atoms with Gasteiger partial charge in [0.05, 0.1) is 21.3 Å². The molecular weight excluding hydrogens is 376 g/mol. The highest BCUT2D eigenvalue weighted by atomic mass is 16.5. The number of piperidine rings is 1. The van der Waals surface area contributed by atoms with Crippen molar-refractivity contribution >= 4 is 5.57 Å². The summed E-state index contributed by atoms with van der Waals surface area (Å²) in [5.41, 5.74) is 4.11. The highest BCUT2D eigenvalue weighted by Gasteiger charge is 2.37. The maximum Gasteiger partial charge on any atom is 0.161 e. The second-order valence-electron chi connectivity index (χ2n) is 7.85. The number of nitriles is 1. The molecule has 0 saturated carbocycles. The van der Waals surface area contributed by atoms with Crippen LogP contribution >= 0.6 is 0 Å². The molecule has 0 aromatic heterocycles. The van der Waals surface area contributed by atoms with Crippen molar-refractivity contribution in [3.8, 4) is 23.3 Å². The van der Waals surface area contributed by atoms with Gasteiger partial charge in [-0.3, -0.25) is 0 Å². The van der Waals surface area contributed by atoms with Crippen LogP contribution in [0, 0.1) is 11.3 Å². The third-order valence-corrected chi connectivity index (χ3v) is 6.34. The smallest absolute Gasteiger partial charge is 0.161 e. The van der Waals surface area contributed by atoms with Gasteiger partial charge in [0.15, 0.2) is 11.5 Å². The Hall–Kier alpha value is -3.13. The Bertz CT molecular complexity index is 975. The Balaban J connectivity index is 1.87. The van der Waals surface area contributed by atoms with Gasteiger partial charge < -0.3 is 19.1 Å². The SMILES string of the molecule is COc1ccc(C2=C(C#N)N3CCCCC3CC2c2ccc(OC)c(OC)c2)cc1. The van der Waals surface area contributed by atoms with E-state index in [1.807, 2.05) is 18.2 Å². The Kier molecular flexibility index (Phi) is 5.85. The highest BCUT2D eigenvalue weighted by molar-refractivity contribution is 5.78. The first-order valence-electron chi connectivity index (χ1n) is 10.5. The summed E-state index contributed by atoms with van der Waals surface area (Å²) in [6.07, 6.45) is 4.47. The number of hydrogen-bond acceptors (Lipinski definition) is 5. The van der Waals surface area contributed by atoms with Gasteiger partial charge in [-0.05, 0) is 61.1 Å².